The molecule has 0 aromatic heterocycles. The van der Waals surface area contributed by atoms with Gasteiger partial charge in [0.05, 0.1) is 5.92 Å². The maximum atomic E-state index is 13.0. The smallest absolute Gasteiger partial charge is 0.407 e. The zero-order valence-corrected chi connectivity index (χ0v) is 20.0. The van der Waals surface area contributed by atoms with E-state index in [4.69, 9.17) is 4.74 Å². The topological polar surface area (TPSA) is 95.9 Å². The highest BCUT2D eigenvalue weighted by molar-refractivity contribution is 5.81. The predicted octanol–water partition coefficient (Wildman–Crippen LogP) is 4.26. The molecule has 1 saturated carbocycles. The normalized spacial score (nSPS) is 25.6. The van der Waals surface area contributed by atoms with Gasteiger partial charge in [0.25, 0.3) is 0 Å². The maximum absolute atomic E-state index is 13.0. The minimum atomic E-state index is -0.780. The van der Waals surface area contributed by atoms with Crippen LogP contribution in [0.1, 0.15) is 49.7 Å². The minimum absolute atomic E-state index is 0.0155. The van der Waals surface area contributed by atoms with Crippen LogP contribution in [0.3, 0.4) is 0 Å². The van der Waals surface area contributed by atoms with Gasteiger partial charge in [0.15, 0.2) is 0 Å². The van der Waals surface area contributed by atoms with Crippen LogP contribution in [0.15, 0.2) is 48.5 Å². The number of carboxylic acids is 1. The number of piperidine rings is 1. The van der Waals surface area contributed by atoms with Gasteiger partial charge in [-0.3, -0.25) is 9.59 Å². The highest BCUT2D eigenvalue weighted by atomic mass is 16.5. The Morgan fingerprint density at radius 2 is 1.66 bits per heavy atom. The Hall–Kier alpha value is -3.35. The van der Waals surface area contributed by atoms with Gasteiger partial charge in [0.2, 0.25) is 5.91 Å². The van der Waals surface area contributed by atoms with Crippen LogP contribution in [0.25, 0.3) is 11.1 Å². The predicted molar refractivity (Wildman–Crippen MR) is 131 cm³/mol. The van der Waals surface area contributed by atoms with Crippen molar-refractivity contribution in [1.82, 2.24) is 10.2 Å². The molecule has 5 rings (SSSR count). The van der Waals surface area contributed by atoms with Crippen molar-refractivity contribution in [2.75, 3.05) is 19.7 Å². The number of carbonyl (C=O) groups is 3. The molecule has 7 nitrogen and oxygen atoms in total. The summed E-state index contributed by atoms with van der Waals surface area (Å²) >= 11 is 0. The molecule has 7 heteroatoms. The highest BCUT2D eigenvalue weighted by Gasteiger charge is 2.38. The molecule has 35 heavy (non-hydrogen) atoms. The number of nitrogens with zero attached hydrogens (tertiary/aromatic N) is 1. The van der Waals surface area contributed by atoms with Crippen LogP contribution in [0.2, 0.25) is 0 Å². The number of aliphatic carboxylic acids is 1. The van der Waals surface area contributed by atoms with Crippen molar-refractivity contribution < 1.29 is 24.2 Å². The molecule has 0 spiro atoms. The monoisotopic (exact) mass is 476 g/mol. The van der Waals surface area contributed by atoms with E-state index < -0.39 is 12.1 Å². The molecular formula is C28H32N2O5. The van der Waals surface area contributed by atoms with Gasteiger partial charge in [-0.15, -0.1) is 0 Å². The van der Waals surface area contributed by atoms with E-state index >= 15 is 0 Å². The van der Waals surface area contributed by atoms with Gasteiger partial charge in [-0.1, -0.05) is 55.5 Å². The summed E-state index contributed by atoms with van der Waals surface area (Å²) in [6, 6.07) is 16.4. The van der Waals surface area contributed by atoms with Gasteiger partial charge in [0, 0.05) is 31.0 Å². The molecule has 2 aliphatic carbocycles. The summed E-state index contributed by atoms with van der Waals surface area (Å²) in [4.78, 5) is 38.8. The molecule has 2 aromatic rings. The molecular weight excluding hydrogens is 444 g/mol. The Balaban J connectivity index is 1.13. The molecule has 0 bridgehead atoms. The molecule has 2 aromatic carbocycles. The number of nitrogens with one attached hydrogen (secondary N) is 1. The van der Waals surface area contributed by atoms with Crippen molar-refractivity contribution >= 4 is 18.0 Å². The molecule has 1 saturated heterocycles. The molecule has 4 atom stereocenters. The summed E-state index contributed by atoms with van der Waals surface area (Å²) in [5.74, 6) is -1.26. The Morgan fingerprint density at radius 1 is 1.00 bits per heavy atom. The number of carbonyl (C=O) groups excluding carboxylic acids is 2. The van der Waals surface area contributed by atoms with Gasteiger partial charge in [-0.25, -0.2) is 4.79 Å². The molecule has 2 amide bonds. The molecule has 1 aliphatic heterocycles. The average Bonchev–Trinajstić information content (AvgIpc) is 3.44. The van der Waals surface area contributed by atoms with Gasteiger partial charge in [-0.2, -0.15) is 0 Å². The van der Waals surface area contributed by atoms with Crippen molar-refractivity contribution in [3.63, 3.8) is 0 Å². The fourth-order valence-corrected chi connectivity index (χ4v) is 6.11. The largest absolute Gasteiger partial charge is 0.481 e. The number of likely N-dealkylation sites (tertiary alicyclic amines) is 1. The molecule has 2 unspecified atom stereocenters. The van der Waals surface area contributed by atoms with E-state index in [1.807, 2.05) is 36.1 Å². The lowest BCUT2D eigenvalue weighted by molar-refractivity contribution is -0.149. The average molecular weight is 477 g/mol. The second-order valence-corrected chi connectivity index (χ2v) is 10.2. The number of fused-ring (bicyclic) bond motifs is 3. The highest BCUT2D eigenvalue weighted by Crippen LogP contribution is 2.44. The fraction of sp³-hybridized carbons (Fsp3) is 0.464. The van der Waals surface area contributed by atoms with E-state index in [0.29, 0.717) is 25.9 Å². The van der Waals surface area contributed by atoms with Crippen LogP contribution in [0.5, 0.6) is 0 Å². The van der Waals surface area contributed by atoms with Gasteiger partial charge in [-0.05, 0) is 53.9 Å². The van der Waals surface area contributed by atoms with E-state index in [2.05, 4.69) is 29.6 Å². The summed E-state index contributed by atoms with van der Waals surface area (Å²) in [6.07, 6.45) is 2.11. The molecule has 0 radical (unpaired) electrons. The third-order valence-corrected chi connectivity index (χ3v) is 7.98. The van der Waals surface area contributed by atoms with Crippen molar-refractivity contribution in [1.29, 1.82) is 0 Å². The first-order chi connectivity index (χ1) is 16.9. The van der Waals surface area contributed by atoms with E-state index in [0.717, 1.165) is 12.8 Å². The minimum Gasteiger partial charge on any atom is -0.481 e. The Bertz CT molecular complexity index is 1090. The van der Waals surface area contributed by atoms with Gasteiger partial charge >= 0.3 is 12.1 Å². The lowest BCUT2D eigenvalue weighted by Crippen LogP contribution is -2.47. The molecule has 2 N–H and O–H groups in total. The second-order valence-electron chi connectivity index (χ2n) is 10.2. The van der Waals surface area contributed by atoms with Gasteiger partial charge in [0.1, 0.15) is 6.61 Å². The van der Waals surface area contributed by atoms with Crippen molar-refractivity contribution in [2.24, 2.45) is 17.8 Å². The van der Waals surface area contributed by atoms with Crippen LogP contribution in [0, 0.1) is 17.8 Å². The maximum Gasteiger partial charge on any atom is 0.407 e. The summed E-state index contributed by atoms with van der Waals surface area (Å²) in [5.41, 5.74) is 4.73. The lowest BCUT2D eigenvalue weighted by atomic mass is 9.86. The second kappa shape index (κ2) is 9.72. The Labute approximate surface area is 205 Å². The van der Waals surface area contributed by atoms with Crippen LogP contribution in [-0.4, -0.2) is 53.7 Å². The van der Waals surface area contributed by atoms with Crippen molar-refractivity contribution in [2.45, 2.75) is 44.6 Å². The van der Waals surface area contributed by atoms with Crippen molar-refractivity contribution in [3.05, 3.63) is 59.7 Å². The summed E-state index contributed by atoms with van der Waals surface area (Å²) in [7, 11) is 0. The number of hydrogen-bond acceptors (Lipinski definition) is 4. The van der Waals surface area contributed by atoms with E-state index in [-0.39, 0.29) is 42.2 Å². The number of rotatable bonds is 5. The van der Waals surface area contributed by atoms with E-state index in [9.17, 15) is 19.5 Å². The fourth-order valence-electron chi connectivity index (χ4n) is 6.11. The molecule has 1 heterocycles. The zero-order chi connectivity index (χ0) is 24.5. The van der Waals surface area contributed by atoms with Crippen LogP contribution in [0.4, 0.5) is 4.79 Å². The summed E-state index contributed by atoms with van der Waals surface area (Å²) < 4.78 is 5.66. The molecule has 3 aliphatic rings. The Morgan fingerprint density at radius 3 is 2.29 bits per heavy atom. The number of ether oxygens (including phenoxy) is 1. The first-order valence-corrected chi connectivity index (χ1v) is 12.6. The summed E-state index contributed by atoms with van der Waals surface area (Å²) in [5, 5.41) is 12.3. The van der Waals surface area contributed by atoms with Crippen LogP contribution in [-0.2, 0) is 14.3 Å². The SMILES string of the molecule is CC1CN(C(=O)[C@H]2CC[C@@H](NC(=O)OCC3c4ccccc4-c4ccccc43)C2)CCC1C(=O)O. The van der Waals surface area contributed by atoms with Crippen LogP contribution < -0.4 is 5.32 Å². The quantitative estimate of drug-likeness (QED) is 0.672. The summed E-state index contributed by atoms with van der Waals surface area (Å²) in [6.45, 7) is 3.14. The number of alkyl carbamates (subject to hydrolysis) is 1. The number of hydrogen-bond donors (Lipinski definition) is 2. The van der Waals surface area contributed by atoms with Crippen LogP contribution >= 0.6 is 0 Å². The van der Waals surface area contributed by atoms with Crippen molar-refractivity contribution in [3.8, 4) is 11.1 Å². The lowest BCUT2D eigenvalue weighted by Gasteiger charge is -2.36. The van der Waals surface area contributed by atoms with E-state index in [1.54, 1.807) is 0 Å². The Kier molecular flexibility index (Phi) is 6.50. The third kappa shape index (κ3) is 4.64. The first kappa shape index (κ1) is 23.4. The molecule has 184 valence electrons. The van der Waals surface area contributed by atoms with Gasteiger partial charge < -0.3 is 20.1 Å². The third-order valence-electron chi connectivity index (χ3n) is 7.98. The zero-order valence-electron chi connectivity index (χ0n) is 20.0. The first-order valence-electron chi connectivity index (χ1n) is 12.6. The number of carboxylic acid groups (broad SMARTS) is 1. The van der Waals surface area contributed by atoms with E-state index in [1.165, 1.54) is 22.3 Å². The molecule has 2 fully saturated rings. The standard InChI is InChI=1S/C28H32N2O5/c1-17-15-30(13-12-20(17)27(32)33)26(31)18-10-11-19(14-18)29-28(34)35-16-25-23-8-4-2-6-21(23)22-7-3-5-9-24(22)25/h2-9,17-20,25H,10-16H2,1H3,(H,29,34)(H,32,33)/t17?,18-,19+,20?/m0/s1. The number of amides is 2. The number of benzene rings is 2.